The maximum atomic E-state index is 13.1. The second kappa shape index (κ2) is 7.49. The maximum absolute atomic E-state index is 13.1. The minimum absolute atomic E-state index is 0.0960. The molecule has 9 heteroatoms. The van der Waals surface area contributed by atoms with Gasteiger partial charge < -0.3 is 19.7 Å². The van der Waals surface area contributed by atoms with E-state index >= 15 is 0 Å². The Bertz CT molecular complexity index is 1540. The van der Waals surface area contributed by atoms with Crippen LogP contribution >= 0.6 is 0 Å². The summed E-state index contributed by atoms with van der Waals surface area (Å²) in [6, 6.07) is 13.3. The number of hydrogen-bond acceptors (Lipinski definition) is 6. The quantitative estimate of drug-likeness (QED) is 0.638. The molecule has 1 aromatic heterocycles. The van der Waals surface area contributed by atoms with Gasteiger partial charge in [-0.1, -0.05) is 12.1 Å². The molecule has 0 radical (unpaired) electrons. The van der Waals surface area contributed by atoms with Crippen molar-refractivity contribution in [1.29, 1.82) is 0 Å². The first kappa shape index (κ1) is 20.3. The lowest BCUT2D eigenvalue weighted by atomic mass is 10.1. The van der Waals surface area contributed by atoms with Crippen molar-refractivity contribution in [2.75, 3.05) is 17.0 Å². The summed E-state index contributed by atoms with van der Waals surface area (Å²) in [4.78, 5) is 41.4. The highest BCUT2D eigenvalue weighted by Gasteiger charge is 2.28. The van der Waals surface area contributed by atoms with Crippen LogP contribution in [0.25, 0.3) is 6.08 Å². The van der Waals surface area contributed by atoms with E-state index in [2.05, 4.69) is 10.1 Å². The van der Waals surface area contributed by atoms with Crippen LogP contribution in [0, 0.1) is 6.92 Å². The molecule has 0 saturated heterocycles. The second-order valence-corrected chi connectivity index (χ2v) is 7.59. The molecule has 0 bridgehead atoms. The van der Waals surface area contributed by atoms with E-state index in [9.17, 15) is 14.4 Å². The highest BCUT2D eigenvalue weighted by molar-refractivity contribution is 6.08. The van der Waals surface area contributed by atoms with Crippen LogP contribution in [0.1, 0.15) is 26.3 Å². The number of carbonyl (C=O) groups excluding carboxylic acids is 1. The van der Waals surface area contributed by atoms with Crippen LogP contribution < -0.4 is 30.9 Å². The number of nitrogens with one attached hydrogen (secondary N) is 1. The zero-order valence-electron chi connectivity index (χ0n) is 17.7. The summed E-state index contributed by atoms with van der Waals surface area (Å²) in [5, 5.41) is 14.8. The van der Waals surface area contributed by atoms with Crippen LogP contribution in [0.5, 0.6) is 5.75 Å². The highest BCUT2D eigenvalue weighted by atomic mass is 16.5. The summed E-state index contributed by atoms with van der Waals surface area (Å²) in [5.41, 5.74) is 1.95. The summed E-state index contributed by atoms with van der Waals surface area (Å²) < 4.78 is 5.84. The maximum Gasteiger partial charge on any atom is 0.335 e. The number of rotatable bonds is 3. The van der Waals surface area contributed by atoms with E-state index in [1.165, 1.54) is 24.3 Å². The van der Waals surface area contributed by atoms with Gasteiger partial charge in [0, 0.05) is 12.3 Å². The summed E-state index contributed by atoms with van der Waals surface area (Å²) in [7, 11) is 1.86. The van der Waals surface area contributed by atoms with E-state index in [1.54, 1.807) is 19.1 Å². The van der Waals surface area contributed by atoms with Crippen LogP contribution in [0.3, 0.4) is 0 Å². The molecule has 2 aromatic carbocycles. The predicted octanol–water partition coefficient (Wildman–Crippen LogP) is 1.73. The number of aromatic nitrogens is 1. The Balaban J connectivity index is 1.52. The van der Waals surface area contributed by atoms with E-state index in [1.807, 2.05) is 36.2 Å². The van der Waals surface area contributed by atoms with Crippen molar-refractivity contribution in [1.82, 2.24) is 4.98 Å². The molecule has 164 valence electrons. The zero-order chi connectivity index (χ0) is 23.3. The van der Waals surface area contributed by atoms with Crippen LogP contribution in [0.4, 0.5) is 11.4 Å². The number of amides is 1. The third kappa shape index (κ3) is 3.26. The summed E-state index contributed by atoms with van der Waals surface area (Å²) in [6.07, 6.45) is 3.30. The molecule has 2 N–H and O–H groups in total. The number of allylic oxidation sites excluding steroid dienone is 1. The van der Waals surface area contributed by atoms with Crippen molar-refractivity contribution in [3.05, 3.63) is 98.2 Å². The van der Waals surface area contributed by atoms with Gasteiger partial charge in [-0.15, -0.1) is 5.10 Å². The molecule has 5 rings (SSSR count). The van der Waals surface area contributed by atoms with Gasteiger partial charge in [0.25, 0.3) is 11.5 Å². The van der Waals surface area contributed by atoms with Crippen molar-refractivity contribution >= 4 is 29.3 Å². The Kier molecular flexibility index (Phi) is 4.59. The standard InChI is InChI=1S/C24H18N4O5/c1-13-16(11-12-19-27(2)17-5-3-4-6-18(17)33-19)22(29)25-21-20(13)23(30)28(26-21)15-9-7-14(8-10-15)24(31)32/h3-12H,1-2H3,(H,31,32)(H,25,26,29)/b16-11-,19-12?. The Morgan fingerprint density at radius 3 is 2.52 bits per heavy atom. The largest absolute Gasteiger partial charge is 0.478 e. The van der Waals surface area contributed by atoms with Crippen molar-refractivity contribution in [2.24, 2.45) is 5.10 Å². The molecular weight excluding hydrogens is 424 g/mol. The number of carboxylic acid groups (broad SMARTS) is 1. The molecule has 33 heavy (non-hydrogen) atoms. The highest BCUT2D eigenvalue weighted by Crippen LogP contribution is 2.37. The lowest BCUT2D eigenvalue weighted by molar-refractivity contribution is 0.0696. The molecule has 0 saturated carbocycles. The topological polar surface area (TPSA) is 115 Å². The lowest BCUT2D eigenvalue weighted by Gasteiger charge is -2.12. The summed E-state index contributed by atoms with van der Waals surface area (Å²) in [5.74, 6) is -0.209. The molecule has 3 heterocycles. The van der Waals surface area contributed by atoms with E-state index in [0.29, 0.717) is 22.4 Å². The van der Waals surface area contributed by atoms with Gasteiger partial charge in [-0.3, -0.25) is 9.59 Å². The fourth-order valence-electron chi connectivity index (χ4n) is 3.85. The second-order valence-electron chi connectivity index (χ2n) is 7.59. The first-order chi connectivity index (χ1) is 15.8. The Hall–Kier alpha value is -4.66. The van der Waals surface area contributed by atoms with Crippen molar-refractivity contribution < 1.29 is 19.4 Å². The van der Waals surface area contributed by atoms with Gasteiger partial charge in [-0.25, -0.2) is 4.79 Å². The van der Waals surface area contributed by atoms with E-state index in [-0.39, 0.29) is 22.2 Å². The number of carboxylic acids is 1. The van der Waals surface area contributed by atoms with Gasteiger partial charge in [0.05, 0.1) is 22.5 Å². The number of ether oxygens (including phenoxy) is 1. The first-order valence-electron chi connectivity index (χ1n) is 10.1. The summed E-state index contributed by atoms with van der Waals surface area (Å²) >= 11 is 0. The normalized spacial score (nSPS) is 16.0. The molecule has 0 atom stereocenters. The Morgan fingerprint density at radius 2 is 1.82 bits per heavy atom. The van der Waals surface area contributed by atoms with Crippen molar-refractivity contribution in [3.63, 3.8) is 0 Å². The predicted molar refractivity (Wildman–Crippen MR) is 121 cm³/mol. The molecule has 2 aliphatic rings. The number of hydrogen-bond donors (Lipinski definition) is 2. The third-order valence-electron chi connectivity index (χ3n) is 5.62. The Labute approximate surface area is 187 Å². The van der Waals surface area contributed by atoms with E-state index in [0.717, 1.165) is 16.4 Å². The van der Waals surface area contributed by atoms with Gasteiger partial charge in [0.1, 0.15) is 0 Å². The molecule has 0 aliphatic carbocycles. The van der Waals surface area contributed by atoms with Crippen LogP contribution in [0.2, 0.25) is 0 Å². The smallest absolute Gasteiger partial charge is 0.335 e. The Morgan fingerprint density at radius 1 is 1.09 bits per heavy atom. The number of carbonyl (C=O) groups is 2. The number of para-hydroxylation sites is 2. The molecule has 3 aromatic rings. The average Bonchev–Trinajstić information content (AvgIpc) is 3.30. The number of aromatic carboxylic acids is 1. The third-order valence-corrected chi connectivity index (χ3v) is 5.62. The molecule has 9 nitrogen and oxygen atoms in total. The monoisotopic (exact) mass is 442 g/mol. The van der Waals surface area contributed by atoms with Gasteiger partial charge in [-0.2, -0.15) is 5.01 Å². The average molecular weight is 442 g/mol. The van der Waals surface area contributed by atoms with Crippen LogP contribution in [-0.2, 0) is 0 Å². The van der Waals surface area contributed by atoms with Gasteiger partial charge in [0.15, 0.2) is 17.1 Å². The van der Waals surface area contributed by atoms with Crippen LogP contribution in [0.15, 0.2) is 70.4 Å². The molecule has 0 spiro atoms. The van der Waals surface area contributed by atoms with Crippen molar-refractivity contribution in [2.45, 2.75) is 6.92 Å². The van der Waals surface area contributed by atoms with Crippen molar-refractivity contribution in [3.8, 4) is 5.75 Å². The SMILES string of the molecule is Cc1c2c([nH]c(=O)/c1=C\C=C1Oc3ccccc3N1C)=NN(c1ccc(C(=O)O)cc1)C2=O. The number of H-pyrrole nitrogens is 1. The number of benzene rings is 2. The minimum atomic E-state index is -1.07. The first-order valence-corrected chi connectivity index (χ1v) is 10.1. The molecule has 1 amide bonds. The van der Waals surface area contributed by atoms with E-state index in [4.69, 9.17) is 9.84 Å². The molecule has 0 fully saturated rings. The summed E-state index contributed by atoms with van der Waals surface area (Å²) in [6.45, 7) is 1.69. The lowest BCUT2D eigenvalue weighted by Crippen LogP contribution is -2.38. The number of pyridine rings is 1. The van der Waals surface area contributed by atoms with E-state index < -0.39 is 11.9 Å². The molecular formula is C24H18N4O5. The zero-order valence-corrected chi connectivity index (χ0v) is 17.7. The van der Waals surface area contributed by atoms with Crippen LogP contribution in [-0.4, -0.2) is 29.0 Å². The fraction of sp³-hybridized carbons (Fsp3) is 0.0833. The number of aromatic amines is 1. The van der Waals surface area contributed by atoms with Gasteiger partial charge in [0.2, 0.25) is 0 Å². The number of nitrogens with zero attached hydrogens (tertiary/aromatic N) is 3. The van der Waals surface area contributed by atoms with Gasteiger partial charge in [-0.05, 0) is 61.0 Å². The molecule has 0 unspecified atom stereocenters. The van der Waals surface area contributed by atoms with Gasteiger partial charge >= 0.3 is 5.97 Å². The fourth-order valence-corrected chi connectivity index (χ4v) is 3.85. The minimum Gasteiger partial charge on any atom is -0.478 e. The molecule has 2 aliphatic heterocycles. The number of fused-ring (bicyclic) bond motifs is 2. The number of anilines is 2.